The molecule has 0 radical (unpaired) electrons. The van der Waals surface area contributed by atoms with Crippen LogP contribution < -0.4 is 14.2 Å². The standard InChI is InChI=1S/C22H25NO6/c1-26-18-6-3-15(12-19(18)27-2)21-20(13-24)29-10-8-23(21)22(25)16-4-5-17-14(11-16)7-9-28-17/h3-6,11-12,20-21,24H,7-10,13H2,1-2H3/t20-,21-/m1/s1. The van der Waals surface area contributed by atoms with Crippen LogP contribution in [0.25, 0.3) is 0 Å². The normalized spacial score (nSPS) is 20.7. The number of carbonyl (C=O) groups is 1. The van der Waals surface area contributed by atoms with Crippen molar-refractivity contribution < 1.29 is 28.8 Å². The Bertz CT molecular complexity index is 899. The molecule has 2 heterocycles. The van der Waals surface area contributed by atoms with Gasteiger partial charge in [-0.05, 0) is 41.5 Å². The predicted octanol–water partition coefficient (Wildman–Crippen LogP) is 2.21. The maximum Gasteiger partial charge on any atom is 0.254 e. The molecule has 29 heavy (non-hydrogen) atoms. The number of ether oxygens (including phenoxy) is 4. The fourth-order valence-electron chi connectivity index (χ4n) is 4.03. The van der Waals surface area contributed by atoms with Crippen molar-refractivity contribution in [1.82, 2.24) is 4.90 Å². The van der Waals surface area contributed by atoms with Crippen LogP contribution in [0.3, 0.4) is 0 Å². The van der Waals surface area contributed by atoms with Crippen molar-refractivity contribution in [3.8, 4) is 17.2 Å². The van der Waals surface area contributed by atoms with E-state index in [0.717, 1.165) is 23.3 Å². The van der Waals surface area contributed by atoms with Gasteiger partial charge in [-0.1, -0.05) is 6.07 Å². The SMILES string of the molecule is COc1ccc([C@@H]2[C@@H](CO)OCCN2C(=O)c2ccc3c(c2)CCO3)cc1OC. The fourth-order valence-corrected chi connectivity index (χ4v) is 4.03. The van der Waals surface area contributed by atoms with Crippen molar-refractivity contribution in [3.05, 3.63) is 53.1 Å². The van der Waals surface area contributed by atoms with Crippen LogP contribution in [0, 0.1) is 0 Å². The van der Waals surface area contributed by atoms with Gasteiger partial charge in [-0.15, -0.1) is 0 Å². The molecule has 7 nitrogen and oxygen atoms in total. The van der Waals surface area contributed by atoms with E-state index in [9.17, 15) is 9.90 Å². The summed E-state index contributed by atoms with van der Waals surface area (Å²) >= 11 is 0. The lowest BCUT2D eigenvalue weighted by Crippen LogP contribution is -2.49. The van der Waals surface area contributed by atoms with E-state index in [-0.39, 0.29) is 12.5 Å². The molecule has 2 aromatic rings. The molecular formula is C22H25NO6. The van der Waals surface area contributed by atoms with Crippen LogP contribution in [0.1, 0.15) is 27.5 Å². The smallest absolute Gasteiger partial charge is 0.254 e. The van der Waals surface area contributed by atoms with Gasteiger partial charge in [0.2, 0.25) is 0 Å². The maximum absolute atomic E-state index is 13.4. The highest BCUT2D eigenvalue weighted by molar-refractivity contribution is 5.95. The van der Waals surface area contributed by atoms with Crippen molar-refractivity contribution >= 4 is 5.91 Å². The number of benzene rings is 2. The van der Waals surface area contributed by atoms with Crippen molar-refractivity contribution in [2.75, 3.05) is 40.6 Å². The van der Waals surface area contributed by atoms with Crippen molar-refractivity contribution in [1.29, 1.82) is 0 Å². The Morgan fingerprint density at radius 2 is 1.97 bits per heavy atom. The molecule has 4 rings (SSSR count). The molecule has 0 aliphatic carbocycles. The quantitative estimate of drug-likeness (QED) is 0.831. The number of morpholine rings is 1. The Morgan fingerprint density at radius 3 is 2.72 bits per heavy atom. The fraction of sp³-hybridized carbons (Fsp3) is 0.409. The van der Waals surface area contributed by atoms with Gasteiger partial charge in [0.05, 0.1) is 40.1 Å². The summed E-state index contributed by atoms with van der Waals surface area (Å²) in [5, 5.41) is 9.91. The van der Waals surface area contributed by atoms with Crippen LogP contribution in [0.4, 0.5) is 0 Å². The van der Waals surface area contributed by atoms with Crippen LogP contribution in [0.15, 0.2) is 36.4 Å². The van der Waals surface area contributed by atoms with E-state index in [1.54, 1.807) is 31.3 Å². The van der Waals surface area contributed by atoms with Gasteiger partial charge < -0.3 is 29.0 Å². The molecule has 0 spiro atoms. The van der Waals surface area contributed by atoms with E-state index in [1.165, 1.54) is 0 Å². The minimum Gasteiger partial charge on any atom is -0.493 e. The molecule has 2 aliphatic rings. The van der Waals surface area contributed by atoms with Crippen LogP contribution in [0.2, 0.25) is 0 Å². The number of aliphatic hydroxyl groups excluding tert-OH is 1. The number of fused-ring (bicyclic) bond motifs is 1. The Hall–Kier alpha value is -2.77. The average molecular weight is 399 g/mol. The van der Waals surface area contributed by atoms with Crippen molar-refractivity contribution in [2.24, 2.45) is 0 Å². The molecule has 0 unspecified atom stereocenters. The molecule has 0 bridgehead atoms. The minimum absolute atomic E-state index is 0.0961. The second-order valence-corrected chi connectivity index (χ2v) is 7.07. The molecule has 0 saturated carbocycles. The lowest BCUT2D eigenvalue weighted by molar-refractivity contribution is -0.0811. The van der Waals surface area contributed by atoms with Gasteiger partial charge in [-0.2, -0.15) is 0 Å². The number of hydrogen-bond donors (Lipinski definition) is 1. The molecule has 2 atom stereocenters. The topological polar surface area (TPSA) is 77.5 Å². The first-order valence-electron chi connectivity index (χ1n) is 9.67. The highest BCUT2D eigenvalue weighted by atomic mass is 16.5. The molecule has 1 saturated heterocycles. The molecule has 1 N–H and O–H groups in total. The lowest BCUT2D eigenvalue weighted by atomic mass is 9.96. The molecular weight excluding hydrogens is 374 g/mol. The number of amides is 1. The van der Waals surface area contributed by atoms with E-state index in [4.69, 9.17) is 18.9 Å². The van der Waals surface area contributed by atoms with Crippen LogP contribution in [-0.2, 0) is 11.2 Å². The van der Waals surface area contributed by atoms with Gasteiger partial charge in [-0.3, -0.25) is 4.79 Å². The van der Waals surface area contributed by atoms with Gasteiger partial charge in [0.1, 0.15) is 11.9 Å². The third kappa shape index (κ3) is 3.63. The second-order valence-electron chi connectivity index (χ2n) is 7.07. The van der Waals surface area contributed by atoms with Crippen molar-refractivity contribution in [3.63, 3.8) is 0 Å². The summed E-state index contributed by atoms with van der Waals surface area (Å²) in [4.78, 5) is 15.2. The highest BCUT2D eigenvalue weighted by Gasteiger charge is 2.37. The monoisotopic (exact) mass is 399 g/mol. The van der Waals surface area contributed by atoms with Crippen LogP contribution in [0.5, 0.6) is 17.2 Å². The third-order valence-electron chi connectivity index (χ3n) is 5.48. The van der Waals surface area contributed by atoms with Crippen molar-refractivity contribution in [2.45, 2.75) is 18.6 Å². The number of aliphatic hydroxyl groups is 1. The summed E-state index contributed by atoms with van der Waals surface area (Å²) in [5.74, 6) is 1.91. The minimum atomic E-state index is -0.524. The zero-order valence-corrected chi connectivity index (χ0v) is 16.6. The van der Waals surface area contributed by atoms with E-state index < -0.39 is 12.1 Å². The van der Waals surface area contributed by atoms with E-state index in [0.29, 0.717) is 36.8 Å². The first-order chi connectivity index (χ1) is 14.2. The van der Waals surface area contributed by atoms with Crippen LogP contribution >= 0.6 is 0 Å². The van der Waals surface area contributed by atoms with E-state index in [1.807, 2.05) is 24.3 Å². The zero-order chi connectivity index (χ0) is 20.4. The third-order valence-corrected chi connectivity index (χ3v) is 5.48. The summed E-state index contributed by atoms with van der Waals surface area (Å²) in [6.07, 6.45) is 0.279. The molecule has 1 fully saturated rings. The highest BCUT2D eigenvalue weighted by Crippen LogP contribution is 2.36. The summed E-state index contributed by atoms with van der Waals surface area (Å²) < 4.78 is 22.1. The molecule has 2 aliphatic heterocycles. The van der Waals surface area contributed by atoms with Gasteiger partial charge in [0.15, 0.2) is 11.5 Å². The number of carbonyl (C=O) groups excluding carboxylic acids is 1. The van der Waals surface area contributed by atoms with Gasteiger partial charge in [0, 0.05) is 18.5 Å². The predicted molar refractivity (Wildman–Crippen MR) is 106 cm³/mol. The molecule has 0 aromatic heterocycles. The number of hydrogen-bond acceptors (Lipinski definition) is 6. The molecule has 7 heteroatoms. The first kappa shape index (κ1) is 19.5. The van der Waals surface area contributed by atoms with Gasteiger partial charge >= 0.3 is 0 Å². The maximum atomic E-state index is 13.4. The number of nitrogens with zero attached hydrogens (tertiary/aromatic N) is 1. The Morgan fingerprint density at radius 1 is 1.14 bits per heavy atom. The molecule has 2 aromatic carbocycles. The second kappa shape index (κ2) is 8.31. The van der Waals surface area contributed by atoms with Gasteiger partial charge in [0.25, 0.3) is 5.91 Å². The largest absolute Gasteiger partial charge is 0.493 e. The Kier molecular flexibility index (Phi) is 5.60. The zero-order valence-electron chi connectivity index (χ0n) is 16.6. The van der Waals surface area contributed by atoms with Crippen LogP contribution in [-0.4, -0.2) is 62.6 Å². The number of methoxy groups -OCH3 is 2. The first-order valence-corrected chi connectivity index (χ1v) is 9.67. The molecule has 1 amide bonds. The number of rotatable bonds is 5. The lowest BCUT2D eigenvalue weighted by Gasteiger charge is -2.41. The summed E-state index contributed by atoms with van der Waals surface area (Å²) in [6.45, 7) is 1.25. The molecule has 154 valence electrons. The Balaban J connectivity index is 1.70. The summed E-state index contributed by atoms with van der Waals surface area (Å²) in [5.41, 5.74) is 2.48. The average Bonchev–Trinajstić information content (AvgIpc) is 3.25. The van der Waals surface area contributed by atoms with E-state index in [2.05, 4.69) is 0 Å². The summed E-state index contributed by atoms with van der Waals surface area (Å²) in [7, 11) is 3.14. The summed E-state index contributed by atoms with van der Waals surface area (Å²) in [6, 6.07) is 10.6. The van der Waals surface area contributed by atoms with E-state index >= 15 is 0 Å². The van der Waals surface area contributed by atoms with Gasteiger partial charge in [-0.25, -0.2) is 0 Å². The Labute approximate surface area is 169 Å².